The highest BCUT2D eigenvalue weighted by atomic mass is 16.1. The van der Waals surface area contributed by atoms with Crippen molar-refractivity contribution in [3.63, 3.8) is 0 Å². The van der Waals surface area contributed by atoms with Crippen LogP contribution in [0.2, 0.25) is 0 Å². The minimum atomic E-state index is 0.182. The predicted molar refractivity (Wildman–Crippen MR) is 82.1 cm³/mol. The smallest absolute Gasteiger partial charge is 0.250 e. The number of rotatable bonds is 4. The topological polar surface area (TPSA) is 34.0 Å². The summed E-state index contributed by atoms with van der Waals surface area (Å²) < 4.78 is 2.05. The molecule has 0 aromatic carbocycles. The molecule has 1 aromatic rings. The van der Waals surface area contributed by atoms with Gasteiger partial charge in [0.05, 0.1) is 0 Å². The molecule has 3 nitrogen and oxygen atoms in total. The fraction of sp³-hybridized carbons (Fsp3) is 0.706. The molecule has 2 aliphatic carbocycles. The molecule has 1 saturated carbocycles. The zero-order valence-corrected chi connectivity index (χ0v) is 12.5. The Balaban J connectivity index is 1.82. The largest absolute Gasteiger partial charge is 0.315 e. The van der Waals surface area contributed by atoms with Crippen molar-refractivity contribution in [3.05, 3.63) is 33.7 Å². The Morgan fingerprint density at radius 2 is 2.00 bits per heavy atom. The average molecular weight is 274 g/mol. The molecule has 110 valence electrons. The van der Waals surface area contributed by atoms with E-state index >= 15 is 0 Å². The molecule has 1 unspecified atom stereocenters. The van der Waals surface area contributed by atoms with Crippen LogP contribution in [0.5, 0.6) is 0 Å². The maximum Gasteiger partial charge on any atom is 0.250 e. The van der Waals surface area contributed by atoms with E-state index in [0.29, 0.717) is 6.04 Å². The molecule has 1 heterocycles. The fourth-order valence-electron chi connectivity index (χ4n) is 4.04. The molecule has 0 bridgehead atoms. The highest BCUT2D eigenvalue weighted by Crippen LogP contribution is 2.28. The van der Waals surface area contributed by atoms with E-state index in [2.05, 4.69) is 9.88 Å². The molecule has 3 rings (SSSR count). The maximum absolute atomic E-state index is 12.2. The van der Waals surface area contributed by atoms with Crippen molar-refractivity contribution in [3.8, 4) is 0 Å². The van der Waals surface area contributed by atoms with E-state index in [0.717, 1.165) is 25.3 Å². The summed E-state index contributed by atoms with van der Waals surface area (Å²) in [7, 11) is 2.05. The molecule has 0 aliphatic heterocycles. The first kappa shape index (κ1) is 13.9. The van der Waals surface area contributed by atoms with E-state index in [9.17, 15) is 4.79 Å². The first-order valence-electron chi connectivity index (χ1n) is 8.18. The number of hydrogen-bond donors (Lipinski definition) is 1. The second-order valence-corrected chi connectivity index (χ2v) is 6.40. The molecule has 1 fully saturated rings. The molecule has 1 aromatic heterocycles. The Morgan fingerprint density at radius 3 is 2.75 bits per heavy atom. The van der Waals surface area contributed by atoms with E-state index in [1.54, 1.807) is 6.07 Å². The van der Waals surface area contributed by atoms with Gasteiger partial charge in [-0.1, -0.05) is 25.3 Å². The predicted octanol–water partition coefficient (Wildman–Crippen LogP) is 2.51. The van der Waals surface area contributed by atoms with Gasteiger partial charge in [0.15, 0.2) is 0 Å². The molecule has 0 saturated heterocycles. The Kier molecular flexibility index (Phi) is 4.25. The van der Waals surface area contributed by atoms with Crippen LogP contribution in [-0.4, -0.2) is 17.7 Å². The van der Waals surface area contributed by atoms with Gasteiger partial charge in [0.1, 0.15) is 0 Å². The second kappa shape index (κ2) is 6.13. The number of fused-ring (bicyclic) bond motifs is 1. The first-order chi connectivity index (χ1) is 9.79. The van der Waals surface area contributed by atoms with E-state index in [1.165, 1.54) is 49.8 Å². The molecule has 20 heavy (non-hydrogen) atoms. The highest BCUT2D eigenvalue weighted by molar-refractivity contribution is 5.25. The molecule has 2 aliphatic rings. The van der Waals surface area contributed by atoms with Crippen LogP contribution in [0.25, 0.3) is 0 Å². The second-order valence-electron chi connectivity index (χ2n) is 6.40. The third-order valence-corrected chi connectivity index (χ3v) is 5.22. The van der Waals surface area contributed by atoms with Crippen LogP contribution >= 0.6 is 0 Å². The molecule has 3 heteroatoms. The zero-order valence-electron chi connectivity index (χ0n) is 12.5. The zero-order chi connectivity index (χ0) is 13.9. The Morgan fingerprint density at radius 1 is 1.20 bits per heavy atom. The van der Waals surface area contributed by atoms with Crippen molar-refractivity contribution in [2.45, 2.75) is 64.0 Å². The van der Waals surface area contributed by atoms with E-state index in [1.807, 2.05) is 13.1 Å². The van der Waals surface area contributed by atoms with E-state index in [-0.39, 0.29) is 5.56 Å². The lowest BCUT2D eigenvalue weighted by molar-refractivity contribution is 0.255. The molecule has 0 spiro atoms. The van der Waals surface area contributed by atoms with Crippen LogP contribution in [0.3, 0.4) is 0 Å². The van der Waals surface area contributed by atoms with Crippen molar-refractivity contribution >= 4 is 0 Å². The van der Waals surface area contributed by atoms with Crippen LogP contribution < -0.4 is 10.9 Å². The summed E-state index contributed by atoms with van der Waals surface area (Å²) in [6, 6.07) is 4.24. The van der Waals surface area contributed by atoms with Crippen LogP contribution in [0, 0.1) is 5.92 Å². The molecule has 1 N–H and O–H groups in total. The highest BCUT2D eigenvalue weighted by Gasteiger charge is 2.25. The van der Waals surface area contributed by atoms with Crippen molar-refractivity contribution in [2.24, 2.45) is 5.92 Å². The van der Waals surface area contributed by atoms with Crippen molar-refractivity contribution in [1.29, 1.82) is 0 Å². The number of nitrogens with one attached hydrogen (secondary N) is 1. The van der Waals surface area contributed by atoms with Crippen LogP contribution in [0.4, 0.5) is 0 Å². The fourth-order valence-corrected chi connectivity index (χ4v) is 4.04. The van der Waals surface area contributed by atoms with Crippen molar-refractivity contribution < 1.29 is 0 Å². The molecule has 0 radical (unpaired) electrons. The van der Waals surface area contributed by atoms with Gasteiger partial charge in [0.25, 0.3) is 5.56 Å². The summed E-state index contributed by atoms with van der Waals surface area (Å²) >= 11 is 0. The van der Waals surface area contributed by atoms with E-state index in [4.69, 9.17) is 0 Å². The quantitative estimate of drug-likeness (QED) is 0.915. The molecular formula is C17H26N2O. The monoisotopic (exact) mass is 274 g/mol. The maximum atomic E-state index is 12.2. The molecular weight excluding hydrogens is 248 g/mol. The average Bonchev–Trinajstić information content (AvgIpc) is 2.96. The third kappa shape index (κ3) is 2.69. The molecule has 1 atom stereocenters. The van der Waals surface area contributed by atoms with Crippen molar-refractivity contribution in [2.75, 3.05) is 7.05 Å². The number of pyridine rings is 1. The van der Waals surface area contributed by atoms with Gasteiger partial charge < -0.3 is 9.88 Å². The van der Waals surface area contributed by atoms with E-state index < -0.39 is 0 Å². The van der Waals surface area contributed by atoms with Gasteiger partial charge in [-0.25, -0.2) is 0 Å². The minimum Gasteiger partial charge on any atom is -0.315 e. The number of aromatic nitrogens is 1. The number of likely N-dealkylation sites (N-methyl/N-ethyl adjacent to an activating group) is 1. The summed E-state index contributed by atoms with van der Waals surface area (Å²) in [5, 5.41) is 3.48. The SMILES string of the molecule is CNC(Cn1c2c(ccc1=O)CCC2)C1CCCCC1. The van der Waals surface area contributed by atoms with Gasteiger partial charge in [-0.05, 0) is 50.6 Å². The summed E-state index contributed by atoms with van der Waals surface area (Å²) in [5.74, 6) is 0.734. The molecule has 0 amide bonds. The van der Waals surface area contributed by atoms with Crippen LogP contribution in [0.1, 0.15) is 49.8 Å². The van der Waals surface area contributed by atoms with Crippen LogP contribution in [-0.2, 0) is 19.4 Å². The Bertz CT molecular complexity index is 514. The lowest BCUT2D eigenvalue weighted by atomic mass is 9.84. The number of nitrogens with zero attached hydrogens (tertiary/aromatic N) is 1. The minimum absolute atomic E-state index is 0.182. The standard InChI is InChI=1S/C17H26N2O/c1-18-15(13-6-3-2-4-7-13)12-19-16-9-5-8-14(16)10-11-17(19)20/h10-11,13,15,18H,2-9,12H2,1H3. The first-order valence-corrected chi connectivity index (χ1v) is 8.18. The lowest BCUT2D eigenvalue weighted by Crippen LogP contribution is -2.41. The van der Waals surface area contributed by atoms with Gasteiger partial charge in [-0.2, -0.15) is 0 Å². The third-order valence-electron chi connectivity index (χ3n) is 5.22. The van der Waals surface area contributed by atoms with Gasteiger partial charge in [0, 0.05) is 24.3 Å². The summed E-state index contributed by atoms with van der Waals surface area (Å²) in [6.07, 6.45) is 10.1. The van der Waals surface area contributed by atoms with Crippen molar-refractivity contribution in [1.82, 2.24) is 9.88 Å². The summed E-state index contributed by atoms with van der Waals surface area (Å²) in [5.41, 5.74) is 2.87. The Labute approximate surface area is 121 Å². The van der Waals surface area contributed by atoms with Gasteiger partial charge in [0.2, 0.25) is 0 Å². The van der Waals surface area contributed by atoms with Gasteiger partial charge in [-0.15, -0.1) is 0 Å². The summed E-state index contributed by atoms with van der Waals surface area (Å²) in [6.45, 7) is 0.850. The summed E-state index contributed by atoms with van der Waals surface area (Å²) in [4.78, 5) is 12.2. The normalized spacial score (nSPS) is 20.9. The van der Waals surface area contributed by atoms with Crippen LogP contribution in [0.15, 0.2) is 16.9 Å². The Hall–Kier alpha value is -1.09. The van der Waals surface area contributed by atoms with Gasteiger partial charge in [-0.3, -0.25) is 4.79 Å². The number of aryl methyl sites for hydroxylation is 1. The number of hydrogen-bond acceptors (Lipinski definition) is 2. The lowest BCUT2D eigenvalue weighted by Gasteiger charge is -2.31. The van der Waals surface area contributed by atoms with Gasteiger partial charge >= 0.3 is 0 Å².